The van der Waals surface area contributed by atoms with Crippen molar-refractivity contribution in [2.75, 3.05) is 18.0 Å². The average Bonchev–Trinajstić information content (AvgIpc) is 3.27. The van der Waals surface area contributed by atoms with Crippen LogP contribution in [-0.4, -0.2) is 60.3 Å². The summed E-state index contributed by atoms with van der Waals surface area (Å²) in [6.45, 7) is 0.920. The lowest BCUT2D eigenvalue weighted by atomic mass is 9.76. The molecule has 0 radical (unpaired) electrons. The monoisotopic (exact) mass is 502 g/mol. The van der Waals surface area contributed by atoms with Gasteiger partial charge in [0.1, 0.15) is 12.2 Å². The van der Waals surface area contributed by atoms with Gasteiger partial charge >= 0.3 is 0 Å². The van der Waals surface area contributed by atoms with E-state index in [4.69, 9.17) is 39.7 Å². The molecular formula is C20H20Cl2N10O2. The molecule has 0 bridgehead atoms. The van der Waals surface area contributed by atoms with E-state index in [0.29, 0.717) is 58.8 Å². The highest BCUT2D eigenvalue weighted by Gasteiger charge is 2.56. The molecule has 0 spiro atoms. The molecule has 14 heteroatoms. The lowest BCUT2D eigenvalue weighted by Crippen LogP contribution is -2.61. The van der Waals surface area contributed by atoms with E-state index in [1.807, 2.05) is 4.90 Å². The first-order valence-corrected chi connectivity index (χ1v) is 11.3. The summed E-state index contributed by atoms with van der Waals surface area (Å²) < 4.78 is 1.51. The van der Waals surface area contributed by atoms with Gasteiger partial charge in [-0.3, -0.25) is 10.1 Å². The number of dihydropyridines is 1. The third-order valence-electron chi connectivity index (χ3n) is 6.29. The molecule has 5 rings (SSSR count). The SMILES string of the molecule is NC1=NC(N)C(C2CCCN(c3nc(-c4ccc(Cl)cc4Cl)nn4cnnc34)C2)([N+](=O)[O-])C=C1. The summed E-state index contributed by atoms with van der Waals surface area (Å²) in [7, 11) is 0. The molecule has 2 aromatic heterocycles. The smallest absolute Gasteiger partial charge is 0.279 e. The van der Waals surface area contributed by atoms with E-state index >= 15 is 0 Å². The molecule has 1 fully saturated rings. The van der Waals surface area contributed by atoms with Crippen molar-refractivity contribution >= 4 is 40.5 Å². The van der Waals surface area contributed by atoms with Gasteiger partial charge in [0.2, 0.25) is 5.65 Å². The van der Waals surface area contributed by atoms with Crippen molar-refractivity contribution < 1.29 is 4.92 Å². The van der Waals surface area contributed by atoms with E-state index in [-0.39, 0.29) is 10.8 Å². The Morgan fingerprint density at radius 3 is 2.85 bits per heavy atom. The van der Waals surface area contributed by atoms with E-state index in [2.05, 4.69) is 20.3 Å². The van der Waals surface area contributed by atoms with Crippen molar-refractivity contribution in [2.45, 2.75) is 24.5 Å². The zero-order valence-electron chi connectivity index (χ0n) is 17.8. The molecule has 3 aromatic rings. The van der Waals surface area contributed by atoms with Crippen LogP contribution in [0, 0.1) is 16.0 Å². The molecule has 3 atom stereocenters. The van der Waals surface area contributed by atoms with Crippen LogP contribution in [0.25, 0.3) is 17.0 Å². The van der Waals surface area contributed by atoms with Crippen LogP contribution in [-0.2, 0) is 0 Å². The van der Waals surface area contributed by atoms with Crippen LogP contribution >= 0.6 is 23.2 Å². The normalized spacial score (nSPS) is 24.9. The van der Waals surface area contributed by atoms with Crippen molar-refractivity contribution in [3.8, 4) is 11.4 Å². The largest absolute Gasteiger partial charge is 0.384 e. The number of halogens is 2. The molecule has 2 aliphatic rings. The number of rotatable bonds is 4. The van der Waals surface area contributed by atoms with E-state index in [1.54, 1.807) is 18.2 Å². The Balaban J connectivity index is 1.56. The van der Waals surface area contributed by atoms with Crippen molar-refractivity contribution in [3.63, 3.8) is 0 Å². The minimum atomic E-state index is -1.58. The van der Waals surface area contributed by atoms with Gasteiger partial charge in [0, 0.05) is 28.6 Å². The molecule has 12 nitrogen and oxygen atoms in total. The Bertz CT molecular complexity index is 1340. The number of amidine groups is 1. The fraction of sp³-hybridized carbons (Fsp3) is 0.350. The van der Waals surface area contributed by atoms with Crippen molar-refractivity contribution in [3.05, 3.63) is 56.8 Å². The summed E-state index contributed by atoms with van der Waals surface area (Å²) >= 11 is 12.4. The van der Waals surface area contributed by atoms with Gasteiger partial charge in [0.25, 0.3) is 5.54 Å². The van der Waals surface area contributed by atoms with Gasteiger partial charge in [-0.25, -0.2) is 9.98 Å². The second-order valence-corrected chi connectivity index (χ2v) is 9.09. The lowest BCUT2D eigenvalue weighted by molar-refractivity contribution is -0.569. The topological polar surface area (TPSA) is 167 Å². The van der Waals surface area contributed by atoms with E-state index in [0.717, 1.165) is 0 Å². The quantitative estimate of drug-likeness (QED) is 0.399. The van der Waals surface area contributed by atoms with Crippen LogP contribution in [0.1, 0.15) is 12.8 Å². The number of nitrogens with zero attached hydrogens (tertiary/aromatic N) is 8. The van der Waals surface area contributed by atoms with Crippen LogP contribution in [0.2, 0.25) is 10.0 Å². The van der Waals surface area contributed by atoms with Gasteiger partial charge in [-0.05, 0) is 43.2 Å². The molecule has 0 amide bonds. The van der Waals surface area contributed by atoms with Gasteiger partial charge in [0.05, 0.1) is 10.9 Å². The summed E-state index contributed by atoms with van der Waals surface area (Å²) in [5, 5.41) is 25.8. The highest BCUT2D eigenvalue weighted by Crippen LogP contribution is 2.37. The minimum absolute atomic E-state index is 0.170. The number of hydrogen-bond donors (Lipinski definition) is 2. The number of hydrogen-bond acceptors (Lipinski definition) is 10. The Labute approximate surface area is 203 Å². The Kier molecular flexibility index (Phi) is 5.58. The first-order valence-electron chi connectivity index (χ1n) is 10.5. The number of aliphatic imine (C=N–C) groups is 1. The third kappa shape index (κ3) is 3.63. The van der Waals surface area contributed by atoms with Crippen LogP contribution in [0.3, 0.4) is 0 Å². The maximum atomic E-state index is 12.3. The molecule has 4 heterocycles. The van der Waals surface area contributed by atoms with Crippen molar-refractivity contribution in [2.24, 2.45) is 22.4 Å². The molecule has 4 N–H and O–H groups in total. The maximum Gasteiger partial charge on any atom is 0.279 e. The molecule has 2 aliphatic heterocycles. The van der Waals surface area contributed by atoms with Crippen LogP contribution in [0.4, 0.5) is 5.82 Å². The maximum absolute atomic E-state index is 12.3. The van der Waals surface area contributed by atoms with Gasteiger partial charge in [0.15, 0.2) is 17.8 Å². The predicted octanol–water partition coefficient (Wildman–Crippen LogP) is 1.94. The Morgan fingerprint density at radius 1 is 1.29 bits per heavy atom. The summed E-state index contributed by atoms with van der Waals surface area (Å²) in [5.41, 5.74) is 11.3. The molecule has 176 valence electrons. The summed E-state index contributed by atoms with van der Waals surface area (Å²) in [6, 6.07) is 5.04. The molecule has 1 aromatic carbocycles. The van der Waals surface area contributed by atoms with Crippen LogP contribution in [0.5, 0.6) is 0 Å². The number of fused-ring (bicyclic) bond motifs is 1. The zero-order valence-corrected chi connectivity index (χ0v) is 19.3. The highest BCUT2D eigenvalue weighted by molar-refractivity contribution is 6.36. The predicted molar refractivity (Wildman–Crippen MR) is 127 cm³/mol. The first-order chi connectivity index (χ1) is 16.3. The molecule has 0 aliphatic carbocycles. The minimum Gasteiger partial charge on any atom is -0.384 e. The lowest BCUT2D eigenvalue weighted by Gasteiger charge is -2.41. The molecule has 3 unspecified atom stereocenters. The third-order valence-corrected chi connectivity index (χ3v) is 6.84. The molecule has 0 saturated carbocycles. The number of nitrogens with two attached hydrogens (primary N) is 2. The van der Waals surface area contributed by atoms with Crippen LogP contribution < -0.4 is 16.4 Å². The molecule has 34 heavy (non-hydrogen) atoms. The van der Waals surface area contributed by atoms with E-state index in [1.165, 1.54) is 23.0 Å². The van der Waals surface area contributed by atoms with Crippen molar-refractivity contribution in [1.29, 1.82) is 0 Å². The summed E-state index contributed by atoms with van der Waals surface area (Å²) in [4.78, 5) is 22.7. The number of anilines is 1. The van der Waals surface area contributed by atoms with E-state index < -0.39 is 17.6 Å². The summed E-state index contributed by atoms with van der Waals surface area (Å²) in [6.07, 6.45) is 4.56. The average molecular weight is 503 g/mol. The number of nitro groups is 1. The van der Waals surface area contributed by atoms with Gasteiger partial charge in [-0.2, -0.15) is 4.52 Å². The first kappa shape index (κ1) is 22.4. The fourth-order valence-electron chi connectivity index (χ4n) is 4.59. The van der Waals surface area contributed by atoms with Gasteiger partial charge < -0.3 is 16.4 Å². The van der Waals surface area contributed by atoms with Crippen molar-refractivity contribution in [1.82, 2.24) is 24.8 Å². The number of piperidine rings is 1. The second kappa shape index (κ2) is 8.46. The number of aromatic nitrogens is 5. The molecular weight excluding hydrogens is 483 g/mol. The molecule has 1 saturated heterocycles. The summed E-state index contributed by atoms with van der Waals surface area (Å²) in [5.74, 6) is 0.567. The standard InChI is InChI=1S/C20H20Cl2N10O2/c21-12-3-4-13(14(22)8-12)16-27-17(18-28-25-10-31(18)29-16)30-7-1-2-11(9-30)20(32(33)34)6-5-15(23)26-19(20)24/h3-6,8,10-11,19H,1-2,7,9,24H2,(H2,23,26). The Hall–Kier alpha value is -3.35. The van der Waals surface area contributed by atoms with Gasteiger partial charge in [-0.1, -0.05) is 23.2 Å². The fourth-order valence-corrected chi connectivity index (χ4v) is 5.08. The van der Waals surface area contributed by atoms with E-state index in [9.17, 15) is 10.1 Å². The second-order valence-electron chi connectivity index (χ2n) is 8.24. The highest BCUT2D eigenvalue weighted by atomic mass is 35.5. The van der Waals surface area contributed by atoms with Crippen LogP contribution in [0.15, 0.2) is 41.7 Å². The number of benzene rings is 1. The Morgan fingerprint density at radius 2 is 2.12 bits per heavy atom. The zero-order chi connectivity index (χ0) is 24.0. The van der Waals surface area contributed by atoms with Gasteiger partial charge in [-0.15, -0.1) is 15.3 Å².